The van der Waals surface area contributed by atoms with Gasteiger partial charge in [0.15, 0.2) is 5.91 Å². The van der Waals surface area contributed by atoms with Crippen LogP contribution in [0.5, 0.6) is 0 Å². The Morgan fingerprint density at radius 3 is 1.68 bits per heavy atom. The molecule has 0 atom stereocenters. The fraction of sp³-hybridized carbons (Fsp3) is 0.353. The second-order valence-electron chi connectivity index (χ2n) is 4.95. The average Bonchev–Trinajstić information content (AvgIpc) is 3.16. The Balaban J connectivity index is 0. The standard InChI is InChI=1S/C12H17NO.C5H5.ClH.Fe.Hg/c1-9(2)13(10(3)4)12(14)11-7-5-6-8-11;1-2-4-5-3-1;;;/h5-7,9-10H,1-4H3;1-5H;1H;;/q-1;;;2*+2/p-1. The molecule has 116 valence electrons. The molecule has 2 saturated carbocycles. The summed E-state index contributed by atoms with van der Waals surface area (Å²) in [5.41, 5.74) is 0. The first-order chi connectivity index (χ1) is 10.0. The van der Waals surface area contributed by atoms with Crippen molar-refractivity contribution < 1.29 is 46.8 Å². The second kappa shape index (κ2) is 15.7. The quantitative estimate of drug-likeness (QED) is 0.390. The van der Waals surface area contributed by atoms with Crippen LogP contribution in [0.3, 0.4) is 0 Å². The first-order valence-electron chi connectivity index (χ1n) is 6.93. The van der Waals surface area contributed by atoms with Crippen molar-refractivity contribution in [1.29, 1.82) is 0 Å². The van der Waals surface area contributed by atoms with Crippen LogP contribution >= 0.6 is 8.25 Å². The minimum absolute atomic E-state index is 0. The van der Waals surface area contributed by atoms with E-state index in [9.17, 15) is 4.79 Å². The Labute approximate surface area is 168 Å². The van der Waals surface area contributed by atoms with E-state index in [4.69, 9.17) is 8.25 Å². The summed E-state index contributed by atoms with van der Waals surface area (Å²) in [6.07, 6.45) is 18.4. The van der Waals surface area contributed by atoms with E-state index in [1.807, 2.05) is 71.1 Å². The number of halogens is 1. The van der Waals surface area contributed by atoms with Crippen LogP contribution in [-0.4, -0.2) is 22.9 Å². The van der Waals surface area contributed by atoms with Gasteiger partial charge in [0.25, 0.3) is 0 Å². The molecule has 2 aliphatic carbocycles. The monoisotopic (exact) mass is 549 g/mol. The Hall–Kier alpha value is 1.21. The van der Waals surface area contributed by atoms with Gasteiger partial charge in [-0.1, -0.05) is 12.8 Å². The summed E-state index contributed by atoms with van der Waals surface area (Å²) in [4.78, 5) is 13.9. The topological polar surface area (TPSA) is 20.3 Å². The molecular formula is C17H22ClFeHgNO+2. The van der Waals surface area contributed by atoms with E-state index in [0.29, 0.717) is 30.8 Å². The molecule has 2 fully saturated rings. The molecule has 10 radical (unpaired) electrons. The predicted molar refractivity (Wildman–Crippen MR) is 83.9 cm³/mol. The van der Waals surface area contributed by atoms with E-state index in [1.54, 1.807) is 12.8 Å². The van der Waals surface area contributed by atoms with Gasteiger partial charge in [0.1, 0.15) is 0 Å². The van der Waals surface area contributed by atoms with E-state index in [-0.39, 0.29) is 35.1 Å². The molecule has 0 N–H and O–H groups in total. The number of hydrogen-bond donors (Lipinski definition) is 0. The maximum absolute atomic E-state index is 12.0. The third kappa shape index (κ3) is 10.2. The van der Waals surface area contributed by atoms with Crippen LogP contribution in [-0.2, 0) is 46.8 Å². The van der Waals surface area contributed by atoms with Crippen LogP contribution in [0.4, 0.5) is 0 Å². The van der Waals surface area contributed by atoms with Crippen molar-refractivity contribution in [1.82, 2.24) is 4.90 Å². The van der Waals surface area contributed by atoms with Crippen molar-refractivity contribution in [3.8, 4) is 0 Å². The first kappa shape index (κ1) is 25.5. The molecule has 0 aromatic heterocycles. The van der Waals surface area contributed by atoms with Gasteiger partial charge in [-0.3, -0.25) is 4.79 Å². The van der Waals surface area contributed by atoms with Crippen molar-refractivity contribution in [2.24, 2.45) is 0 Å². The maximum atomic E-state index is 12.0. The van der Waals surface area contributed by atoms with Crippen molar-refractivity contribution in [2.45, 2.75) is 39.8 Å². The molecule has 2 nitrogen and oxygen atoms in total. The SMILES string of the molecule is CC(C)N(C(=O)[C]1[C-][CH][CH][CH]1)C(C)C.[CH]1[CH][CH][CH][CH]1.[Cl][Hg+].[Fe+2]. The minimum atomic E-state index is 0. The molecule has 5 heteroatoms. The van der Waals surface area contributed by atoms with Crippen molar-refractivity contribution in [3.05, 3.63) is 63.7 Å². The van der Waals surface area contributed by atoms with Crippen molar-refractivity contribution in [2.75, 3.05) is 0 Å². The van der Waals surface area contributed by atoms with Crippen molar-refractivity contribution >= 4 is 14.2 Å². The molecule has 0 aromatic rings. The Morgan fingerprint density at radius 2 is 1.41 bits per heavy atom. The Morgan fingerprint density at radius 1 is 1.00 bits per heavy atom. The zero-order valence-corrected chi connectivity index (χ0v) is 20.9. The van der Waals surface area contributed by atoms with Gasteiger partial charge in [-0.05, 0) is 59.8 Å². The Kier molecular flexibility index (Phi) is 18.2. The molecule has 1 amide bonds. The first-order valence-corrected chi connectivity index (χ1v) is 13.7. The van der Waals surface area contributed by atoms with Crippen molar-refractivity contribution in [3.63, 3.8) is 0 Å². The molecule has 2 aliphatic rings. The molecule has 0 heterocycles. The predicted octanol–water partition coefficient (Wildman–Crippen LogP) is 3.62. The number of carbonyl (C=O) groups excluding carboxylic acids is 1. The number of nitrogens with zero attached hydrogens (tertiary/aromatic N) is 1. The van der Waals surface area contributed by atoms with Gasteiger partial charge in [-0.15, -0.1) is 5.92 Å². The summed E-state index contributed by atoms with van der Waals surface area (Å²) in [6.45, 7) is 8.11. The van der Waals surface area contributed by atoms with E-state index in [0.717, 1.165) is 0 Å². The van der Waals surface area contributed by atoms with Gasteiger partial charge in [0, 0.05) is 12.1 Å². The van der Waals surface area contributed by atoms with E-state index in [2.05, 4.69) is 6.42 Å². The molecule has 0 aliphatic heterocycles. The normalized spacial score (nSPS) is 17.3. The number of carbonyl (C=O) groups is 1. The average molecular weight is 548 g/mol. The van der Waals surface area contributed by atoms with E-state index in [1.165, 1.54) is 0 Å². The molecule has 2 rings (SSSR count). The third-order valence-electron chi connectivity index (χ3n) is 2.73. The molecule has 0 saturated heterocycles. The van der Waals surface area contributed by atoms with Gasteiger partial charge >= 0.3 is 50.2 Å². The van der Waals surface area contributed by atoms with Crippen LogP contribution < -0.4 is 0 Å². The second-order valence-corrected chi connectivity index (χ2v) is 4.95. The summed E-state index contributed by atoms with van der Waals surface area (Å²) >= 11 is 0.500. The van der Waals surface area contributed by atoms with Gasteiger partial charge < -0.3 is 11.3 Å². The van der Waals surface area contributed by atoms with Gasteiger partial charge in [0.05, 0.1) is 0 Å². The van der Waals surface area contributed by atoms with Gasteiger partial charge in [0.2, 0.25) is 0 Å². The minimum Gasteiger partial charge on any atom is 2.00 e. The number of hydrogen-bond acceptors (Lipinski definition) is 1. The third-order valence-corrected chi connectivity index (χ3v) is 2.73. The molecule has 0 aromatic carbocycles. The van der Waals surface area contributed by atoms with Gasteiger partial charge in [-0.25, -0.2) is 6.42 Å². The molecule has 22 heavy (non-hydrogen) atoms. The zero-order valence-electron chi connectivity index (χ0n) is 13.6. The zero-order chi connectivity index (χ0) is 16.3. The fourth-order valence-corrected chi connectivity index (χ4v) is 1.99. The maximum Gasteiger partial charge on any atom is 2.00 e. The van der Waals surface area contributed by atoms with Gasteiger partial charge in [-0.2, -0.15) is 0 Å². The van der Waals surface area contributed by atoms with Crippen LogP contribution in [0.25, 0.3) is 0 Å². The largest absolute Gasteiger partial charge is 2.00 e. The molecule has 0 bridgehead atoms. The van der Waals surface area contributed by atoms with Crippen LogP contribution in [0, 0.1) is 63.7 Å². The summed E-state index contributed by atoms with van der Waals surface area (Å²) in [7, 11) is 4.83. The van der Waals surface area contributed by atoms with Crippen LogP contribution in [0.15, 0.2) is 0 Å². The molecule has 0 unspecified atom stereocenters. The van der Waals surface area contributed by atoms with E-state index >= 15 is 0 Å². The summed E-state index contributed by atoms with van der Waals surface area (Å²) in [6, 6.07) is 0.455. The summed E-state index contributed by atoms with van der Waals surface area (Å²) < 4.78 is 0. The van der Waals surface area contributed by atoms with E-state index < -0.39 is 0 Å². The number of amides is 1. The number of rotatable bonds is 3. The fourth-order valence-electron chi connectivity index (χ4n) is 1.99. The summed E-state index contributed by atoms with van der Waals surface area (Å²) in [5, 5.41) is 0. The smallest absolute Gasteiger partial charge is 2.00 e. The molecule has 0 spiro atoms. The molecular weight excluding hydrogens is 526 g/mol. The Bertz CT molecular complexity index is 252. The van der Waals surface area contributed by atoms with Crippen LogP contribution in [0.1, 0.15) is 27.7 Å². The summed E-state index contributed by atoms with van der Waals surface area (Å²) in [5.74, 6) is 0.729. The van der Waals surface area contributed by atoms with Crippen LogP contribution in [0.2, 0.25) is 0 Å².